The monoisotopic (exact) mass is 228 g/mol. The summed E-state index contributed by atoms with van der Waals surface area (Å²) in [4.78, 5) is 0. The summed E-state index contributed by atoms with van der Waals surface area (Å²) in [5.41, 5.74) is 1.42. The van der Waals surface area contributed by atoms with E-state index >= 15 is 0 Å². The van der Waals surface area contributed by atoms with E-state index in [4.69, 9.17) is 0 Å². The van der Waals surface area contributed by atoms with Gasteiger partial charge in [0.05, 0.1) is 0 Å². The van der Waals surface area contributed by atoms with Crippen LogP contribution in [0.25, 0.3) is 10.8 Å². The molecule has 0 saturated heterocycles. The van der Waals surface area contributed by atoms with Crippen molar-refractivity contribution in [2.75, 3.05) is 0 Å². The molecule has 0 radical (unpaired) electrons. The second kappa shape index (κ2) is 5.22. The van der Waals surface area contributed by atoms with Crippen LogP contribution in [0.2, 0.25) is 0 Å². The highest BCUT2D eigenvalue weighted by atomic mass is 16.3. The second-order valence-corrected chi connectivity index (χ2v) is 4.68. The van der Waals surface area contributed by atoms with E-state index in [1.165, 1.54) is 30.2 Å². The molecule has 1 unspecified atom stereocenters. The molecule has 0 aliphatic rings. The van der Waals surface area contributed by atoms with Gasteiger partial charge in [-0.15, -0.1) is 0 Å². The van der Waals surface area contributed by atoms with Gasteiger partial charge in [-0.2, -0.15) is 0 Å². The van der Waals surface area contributed by atoms with Gasteiger partial charge in [0.1, 0.15) is 5.75 Å². The van der Waals surface area contributed by atoms with Crippen LogP contribution in [0.15, 0.2) is 36.4 Å². The molecule has 0 saturated carbocycles. The zero-order valence-electron chi connectivity index (χ0n) is 10.6. The van der Waals surface area contributed by atoms with Gasteiger partial charge in [0, 0.05) is 0 Å². The van der Waals surface area contributed by atoms with E-state index in [9.17, 15) is 5.11 Å². The summed E-state index contributed by atoms with van der Waals surface area (Å²) in [5, 5.41) is 11.8. The van der Waals surface area contributed by atoms with E-state index in [1.807, 2.05) is 12.1 Å². The SMILES string of the molecule is CCCC(CC)c1ccc2cc(O)ccc2c1. The number of phenols is 1. The van der Waals surface area contributed by atoms with Gasteiger partial charge in [-0.1, -0.05) is 44.5 Å². The number of benzene rings is 2. The largest absolute Gasteiger partial charge is 0.508 e. The molecular weight excluding hydrogens is 208 g/mol. The summed E-state index contributed by atoms with van der Waals surface area (Å²) < 4.78 is 0. The first-order valence-electron chi connectivity index (χ1n) is 6.47. The fraction of sp³-hybridized carbons (Fsp3) is 0.375. The Kier molecular flexibility index (Phi) is 3.68. The highest BCUT2D eigenvalue weighted by molar-refractivity contribution is 5.84. The van der Waals surface area contributed by atoms with Crippen molar-refractivity contribution < 1.29 is 5.11 Å². The van der Waals surface area contributed by atoms with Gasteiger partial charge in [0.2, 0.25) is 0 Å². The molecule has 2 aromatic rings. The third kappa shape index (κ3) is 2.60. The Labute approximate surface area is 103 Å². The molecule has 1 N–H and O–H groups in total. The third-order valence-electron chi connectivity index (χ3n) is 3.45. The Balaban J connectivity index is 2.40. The predicted molar refractivity (Wildman–Crippen MR) is 73.6 cm³/mol. The molecule has 1 nitrogen and oxygen atoms in total. The number of hydrogen-bond donors (Lipinski definition) is 1. The molecule has 90 valence electrons. The zero-order chi connectivity index (χ0) is 12.3. The topological polar surface area (TPSA) is 20.2 Å². The molecule has 0 aliphatic heterocycles. The first-order chi connectivity index (χ1) is 8.24. The van der Waals surface area contributed by atoms with Gasteiger partial charge in [-0.05, 0) is 47.2 Å². The molecule has 1 heteroatoms. The van der Waals surface area contributed by atoms with Crippen molar-refractivity contribution >= 4 is 10.8 Å². The fourth-order valence-corrected chi connectivity index (χ4v) is 2.46. The molecule has 0 fully saturated rings. The normalized spacial score (nSPS) is 12.8. The lowest BCUT2D eigenvalue weighted by Crippen LogP contribution is -1.96. The molecule has 0 aromatic heterocycles. The highest BCUT2D eigenvalue weighted by Crippen LogP contribution is 2.28. The van der Waals surface area contributed by atoms with Crippen molar-refractivity contribution in [3.63, 3.8) is 0 Å². The lowest BCUT2D eigenvalue weighted by molar-refractivity contribution is 0.476. The van der Waals surface area contributed by atoms with E-state index in [1.54, 1.807) is 6.07 Å². The van der Waals surface area contributed by atoms with Crippen molar-refractivity contribution in [1.82, 2.24) is 0 Å². The molecule has 0 amide bonds. The molecule has 2 aromatic carbocycles. The van der Waals surface area contributed by atoms with Crippen LogP contribution in [-0.2, 0) is 0 Å². The van der Waals surface area contributed by atoms with Crippen molar-refractivity contribution in [3.8, 4) is 5.75 Å². The fourth-order valence-electron chi connectivity index (χ4n) is 2.46. The van der Waals surface area contributed by atoms with Crippen LogP contribution >= 0.6 is 0 Å². The van der Waals surface area contributed by atoms with Gasteiger partial charge in [0.15, 0.2) is 0 Å². The maximum absolute atomic E-state index is 9.44. The summed E-state index contributed by atoms with van der Waals surface area (Å²) in [5.74, 6) is 1.00. The second-order valence-electron chi connectivity index (χ2n) is 4.68. The third-order valence-corrected chi connectivity index (χ3v) is 3.45. The Hall–Kier alpha value is -1.50. The molecule has 0 spiro atoms. The maximum atomic E-state index is 9.44. The molecule has 1 atom stereocenters. The summed E-state index contributed by atoms with van der Waals surface area (Å²) in [6.07, 6.45) is 3.67. The first-order valence-corrected chi connectivity index (χ1v) is 6.47. The quantitative estimate of drug-likeness (QED) is 0.794. The van der Waals surface area contributed by atoms with Crippen LogP contribution in [0.3, 0.4) is 0 Å². The first kappa shape index (κ1) is 12.0. The van der Waals surface area contributed by atoms with Gasteiger partial charge >= 0.3 is 0 Å². The minimum Gasteiger partial charge on any atom is -0.508 e. The summed E-state index contributed by atoms with van der Waals surface area (Å²) >= 11 is 0. The molecule has 17 heavy (non-hydrogen) atoms. The summed E-state index contributed by atoms with van der Waals surface area (Å²) in [6, 6.07) is 12.1. The summed E-state index contributed by atoms with van der Waals surface area (Å²) in [6.45, 7) is 4.49. The van der Waals surface area contributed by atoms with Crippen molar-refractivity contribution in [2.45, 2.75) is 39.0 Å². The smallest absolute Gasteiger partial charge is 0.116 e. The van der Waals surface area contributed by atoms with E-state index in [0.29, 0.717) is 11.7 Å². The maximum Gasteiger partial charge on any atom is 0.116 e. The van der Waals surface area contributed by atoms with E-state index in [-0.39, 0.29) is 0 Å². The number of hydrogen-bond acceptors (Lipinski definition) is 1. The van der Waals surface area contributed by atoms with Gasteiger partial charge < -0.3 is 5.11 Å². The van der Waals surface area contributed by atoms with Crippen molar-refractivity contribution in [3.05, 3.63) is 42.0 Å². The standard InChI is InChI=1S/C16H20O/c1-3-5-12(4-2)13-6-7-15-11-16(17)9-8-14(15)10-13/h6-12,17H,3-5H2,1-2H3. The number of aromatic hydroxyl groups is 1. The molecular formula is C16H20O. The van der Waals surface area contributed by atoms with Crippen LogP contribution in [0.4, 0.5) is 0 Å². The molecule has 0 bridgehead atoms. The number of rotatable bonds is 4. The van der Waals surface area contributed by atoms with Crippen molar-refractivity contribution in [2.24, 2.45) is 0 Å². The molecule has 2 rings (SSSR count). The molecule has 0 heterocycles. The Morgan fingerprint density at radius 3 is 2.41 bits per heavy atom. The van der Waals surface area contributed by atoms with Crippen LogP contribution < -0.4 is 0 Å². The Bertz CT molecular complexity index is 502. The lowest BCUT2D eigenvalue weighted by Gasteiger charge is -2.15. The number of phenolic OH excluding ortho intramolecular Hbond substituents is 1. The predicted octanol–water partition coefficient (Wildman–Crippen LogP) is 4.84. The Morgan fingerprint density at radius 1 is 1.00 bits per heavy atom. The van der Waals surface area contributed by atoms with Gasteiger partial charge in [0.25, 0.3) is 0 Å². The van der Waals surface area contributed by atoms with Crippen LogP contribution in [0.5, 0.6) is 5.75 Å². The highest BCUT2D eigenvalue weighted by Gasteiger charge is 2.08. The van der Waals surface area contributed by atoms with Gasteiger partial charge in [-0.25, -0.2) is 0 Å². The average Bonchev–Trinajstić information content (AvgIpc) is 2.35. The minimum atomic E-state index is 0.339. The average molecular weight is 228 g/mol. The minimum absolute atomic E-state index is 0.339. The Morgan fingerprint density at radius 2 is 1.71 bits per heavy atom. The van der Waals surface area contributed by atoms with E-state index < -0.39 is 0 Å². The lowest BCUT2D eigenvalue weighted by atomic mass is 9.90. The van der Waals surface area contributed by atoms with Crippen LogP contribution in [-0.4, -0.2) is 5.11 Å². The van der Waals surface area contributed by atoms with Gasteiger partial charge in [-0.3, -0.25) is 0 Å². The summed E-state index contributed by atoms with van der Waals surface area (Å²) in [7, 11) is 0. The van der Waals surface area contributed by atoms with E-state index in [2.05, 4.69) is 32.0 Å². The number of fused-ring (bicyclic) bond motifs is 1. The zero-order valence-corrected chi connectivity index (χ0v) is 10.6. The molecule has 0 aliphatic carbocycles. The van der Waals surface area contributed by atoms with Crippen LogP contribution in [0.1, 0.15) is 44.6 Å². The van der Waals surface area contributed by atoms with Crippen molar-refractivity contribution in [1.29, 1.82) is 0 Å². The van der Waals surface area contributed by atoms with E-state index in [0.717, 1.165) is 5.39 Å². The van der Waals surface area contributed by atoms with Crippen LogP contribution in [0, 0.1) is 0 Å².